The van der Waals surface area contributed by atoms with Crippen molar-refractivity contribution in [3.63, 3.8) is 0 Å². The molecule has 188 valence electrons. The minimum Gasteiger partial charge on any atom is -0.426 e. The fourth-order valence-electron chi connectivity index (χ4n) is 9.31. The van der Waals surface area contributed by atoms with Crippen molar-refractivity contribution >= 4 is 5.97 Å². The summed E-state index contributed by atoms with van der Waals surface area (Å²) >= 11 is 0. The molecule has 0 aromatic carbocycles. The lowest BCUT2D eigenvalue weighted by atomic mass is 9.43. The SMILES string of the molecule is CC1=C[C@@](O)(C[C@@H](C)C2=CC[C@@]3(C)C4=C(CC[C@]23C)[C@@]2(C)CC[C@@H](O)C(C)(C)[C@@H]2CC4)OC1=O. The molecule has 4 aliphatic carbocycles. The molecule has 2 N–H and O–H groups in total. The van der Waals surface area contributed by atoms with Crippen molar-refractivity contribution < 1.29 is 19.7 Å². The fourth-order valence-corrected chi connectivity index (χ4v) is 9.31. The van der Waals surface area contributed by atoms with Gasteiger partial charge in [-0.25, -0.2) is 4.79 Å². The van der Waals surface area contributed by atoms with Crippen LogP contribution in [0.4, 0.5) is 0 Å². The Morgan fingerprint density at radius 1 is 1.06 bits per heavy atom. The van der Waals surface area contributed by atoms with Crippen molar-refractivity contribution in [2.24, 2.45) is 33.5 Å². The Morgan fingerprint density at radius 3 is 2.41 bits per heavy atom. The summed E-state index contributed by atoms with van der Waals surface area (Å²) in [6, 6.07) is 0. The summed E-state index contributed by atoms with van der Waals surface area (Å²) in [5, 5.41) is 21.8. The summed E-state index contributed by atoms with van der Waals surface area (Å²) in [5.41, 5.74) is 5.60. The molecule has 0 bridgehead atoms. The van der Waals surface area contributed by atoms with Gasteiger partial charge in [0.05, 0.1) is 6.10 Å². The zero-order chi connectivity index (χ0) is 24.9. The molecule has 0 unspecified atom stereocenters. The van der Waals surface area contributed by atoms with Gasteiger partial charge in [0.2, 0.25) is 5.79 Å². The number of carbonyl (C=O) groups excluding carboxylic acids is 1. The van der Waals surface area contributed by atoms with Crippen LogP contribution in [0.5, 0.6) is 0 Å². The van der Waals surface area contributed by atoms with Gasteiger partial charge in [0.25, 0.3) is 0 Å². The summed E-state index contributed by atoms with van der Waals surface area (Å²) in [5.74, 6) is -1.24. The number of hydrogen-bond acceptors (Lipinski definition) is 4. The van der Waals surface area contributed by atoms with Crippen LogP contribution in [0.15, 0.2) is 34.4 Å². The molecular formula is C30H44O4. The third-order valence-corrected chi connectivity index (χ3v) is 11.5. The van der Waals surface area contributed by atoms with Gasteiger partial charge in [-0.1, -0.05) is 64.3 Å². The van der Waals surface area contributed by atoms with Crippen LogP contribution in [0.2, 0.25) is 0 Å². The molecule has 0 aromatic heterocycles. The first-order valence-electron chi connectivity index (χ1n) is 13.4. The molecule has 1 heterocycles. The third kappa shape index (κ3) is 3.06. The monoisotopic (exact) mass is 468 g/mol. The predicted molar refractivity (Wildman–Crippen MR) is 134 cm³/mol. The zero-order valence-electron chi connectivity index (χ0n) is 22.3. The number of cyclic esters (lactones) is 1. The Hall–Kier alpha value is -1.39. The highest BCUT2D eigenvalue weighted by atomic mass is 16.7. The first kappa shape index (κ1) is 24.3. The molecular weight excluding hydrogens is 424 g/mol. The summed E-state index contributed by atoms with van der Waals surface area (Å²) < 4.78 is 5.34. The van der Waals surface area contributed by atoms with E-state index in [1.165, 1.54) is 5.57 Å². The largest absolute Gasteiger partial charge is 0.426 e. The maximum Gasteiger partial charge on any atom is 0.336 e. The summed E-state index contributed by atoms with van der Waals surface area (Å²) in [4.78, 5) is 11.9. The van der Waals surface area contributed by atoms with Gasteiger partial charge in [0, 0.05) is 17.4 Å². The van der Waals surface area contributed by atoms with Crippen LogP contribution in [0.3, 0.4) is 0 Å². The second kappa shape index (κ2) is 7.32. The maximum atomic E-state index is 11.9. The number of ether oxygens (including phenoxy) is 1. The van der Waals surface area contributed by atoms with Crippen LogP contribution < -0.4 is 0 Å². The number of carbonyl (C=O) groups is 1. The number of rotatable bonds is 3. The van der Waals surface area contributed by atoms with E-state index in [1.54, 1.807) is 24.1 Å². The summed E-state index contributed by atoms with van der Waals surface area (Å²) in [7, 11) is 0. The first-order valence-corrected chi connectivity index (χ1v) is 13.4. The quantitative estimate of drug-likeness (QED) is 0.380. The van der Waals surface area contributed by atoms with Gasteiger partial charge in [-0.2, -0.15) is 0 Å². The molecule has 4 heteroatoms. The highest BCUT2D eigenvalue weighted by molar-refractivity contribution is 5.90. The van der Waals surface area contributed by atoms with E-state index in [2.05, 4.69) is 47.6 Å². The molecule has 0 aromatic rings. The van der Waals surface area contributed by atoms with Crippen molar-refractivity contribution in [1.29, 1.82) is 0 Å². The van der Waals surface area contributed by atoms with Crippen molar-refractivity contribution in [2.75, 3.05) is 0 Å². The fraction of sp³-hybridized carbons (Fsp3) is 0.767. The van der Waals surface area contributed by atoms with Gasteiger partial charge >= 0.3 is 5.97 Å². The highest BCUT2D eigenvalue weighted by Crippen LogP contribution is 2.71. The van der Waals surface area contributed by atoms with Crippen LogP contribution in [0, 0.1) is 33.5 Å². The van der Waals surface area contributed by atoms with Gasteiger partial charge in [0.15, 0.2) is 0 Å². The number of esters is 1. The first-order chi connectivity index (χ1) is 15.7. The number of hydrogen-bond donors (Lipinski definition) is 2. The lowest BCUT2D eigenvalue weighted by Gasteiger charge is -2.62. The molecule has 1 saturated carbocycles. The van der Waals surface area contributed by atoms with E-state index in [4.69, 9.17) is 4.74 Å². The molecule has 7 atom stereocenters. The lowest BCUT2D eigenvalue weighted by Crippen LogP contribution is -2.54. The zero-order valence-corrected chi connectivity index (χ0v) is 22.3. The lowest BCUT2D eigenvalue weighted by molar-refractivity contribution is -0.182. The molecule has 34 heavy (non-hydrogen) atoms. The van der Waals surface area contributed by atoms with Gasteiger partial charge in [-0.05, 0) is 86.0 Å². The topological polar surface area (TPSA) is 66.8 Å². The molecule has 1 aliphatic heterocycles. The van der Waals surface area contributed by atoms with Crippen molar-refractivity contribution in [3.05, 3.63) is 34.4 Å². The molecule has 5 aliphatic rings. The smallest absolute Gasteiger partial charge is 0.336 e. The Bertz CT molecular complexity index is 1020. The minimum atomic E-state index is -1.49. The molecule has 0 radical (unpaired) electrons. The second-order valence-corrected chi connectivity index (χ2v) is 13.5. The Balaban J connectivity index is 1.46. The summed E-state index contributed by atoms with van der Waals surface area (Å²) in [6.07, 6.45) is 11.8. The number of fused-ring (bicyclic) bond motifs is 4. The molecule has 4 nitrogen and oxygen atoms in total. The summed E-state index contributed by atoms with van der Waals surface area (Å²) in [6.45, 7) is 15.9. The third-order valence-electron chi connectivity index (χ3n) is 11.5. The van der Waals surface area contributed by atoms with Crippen LogP contribution >= 0.6 is 0 Å². The molecule has 1 fully saturated rings. The van der Waals surface area contributed by atoms with E-state index in [0.29, 0.717) is 17.9 Å². The van der Waals surface area contributed by atoms with E-state index in [0.717, 1.165) is 44.9 Å². The minimum absolute atomic E-state index is 0.0411. The normalized spacial score (nSPS) is 46.2. The molecule has 0 spiro atoms. The van der Waals surface area contributed by atoms with Crippen LogP contribution in [0.1, 0.15) is 99.8 Å². The second-order valence-electron chi connectivity index (χ2n) is 13.5. The molecule has 0 saturated heterocycles. The average molecular weight is 469 g/mol. The van der Waals surface area contributed by atoms with E-state index < -0.39 is 11.8 Å². The average Bonchev–Trinajstić information content (AvgIpc) is 3.16. The van der Waals surface area contributed by atoms with Crippen LogP contribution in [0.25, 0.3) is 0 Å². The number of aliphatic hydroxyl groups is 2. The van der Waals surface area contributed by atoms with Crippen LogP contribution in [-0.4, -0.2) is 28.1 Å². The van der Waals surface area contributed by atoms with Crippen LogP contribution in [-0.2, 0) is 9.53 Å². The van der Waals surface area contributed by atoms with Gasteiger partial charge in [-0.3, -0.25) is 0 Å². The molecule has 0 amide bonds. The van der Waals surface area contributed by atoms with Gasteiger partial charge < -0.3 is 14.9 Å². The predicted octanol–water partition coefficient (Wildman–Crippen LogP) is 6.23. The highest BCUT2D eigenvalue weighted by Gasteiger charge is 2.61. The Kier molecular flexibility index (Phi) is 5.23. The van der Waals surface area contributed by atoms with E-state index in [1.807, 2.05) is 0 Å². The van der Waals surface area contributed by atoms with Crippen molar-refractivity contribution in [2.45, 2.75) is 112 Å². The standard InChI is InChI=1S/C30H44O4/c1-18(16-30(33)17-19(2)25(32)34-30)20-10-14-29(7)22-8-9-23-26(3,4)24(31)12-13-27(23,5)21(22)11-15-28(20,29)6/h10,17-18,23-24,31,33H,8-9,11-16H2,1-7H3/t18-,23+,24-,27-,28-,29+,30-/m1/s1. The van der Waals surface area contributed by atoms with E-state index in [9.17, 15) is 15.0 Å². The van der Waals surface area contributed by atoms with Gasteiger partial charge in [0.1, 0.15) is 0 Å². The Morgan fingerprint density at radius 2 is 1.76 bits per heavy atom. The Labute approximate surface area is 205 Å². The number of aliphatic hydroxyl groups excluding tert-OH is 1. The molecule has 5 rings (SSSR count). The number of allylic oxidation sites excluding steroid dienone is 4. The van der Waals surface area contributed by atoms with Gasteiger partial charge in [-0.15, -0.1) is 0 Å². The van der Waals surface area contributed by atoms with Crippen molar-refractivity contribution in [1.82, 2.24) is 0 Å². The van der Waals surface area contributed by atoms with E-state index >= 15 is 0 Å². The van der Waals surface area contributed by atoms with Crippen molar-refractivity contribution in [3.8, 4) is 0 Å². The van der Waals surface area contributed by atoms with E-state index in [-0.39, 0.29) is 33.7 Å². The maximum absolute atomic E-state index is 11.9.